The number of hydrogen-bond acceptors (Lipinski definition) is 9. The molecule has 0 aliphatic carbocycles. The van der Waals surface area contributed by atoms with Crippen molar-refractivity contribution in [3.8, 4) is 0 Å². The summed E-state index contributed by atoms with van der Waals surface area (Å²) in [5.41, 5.74) is 0. The molecule has 0 spiro atoms. The van der Waals surface area contributed by atoms with Gasteiger partial charge in [-0.05, 0) is 96.3 Å². The molecule has 1 fully saturated rings. The van der Waals surface area contributed by atoms with Crippen LogP contribution in [0.2, 0.25) is 0 Å². The zero-order valence-corrected chi connectivity index (χ0v) is 40.2. The zero-order valence-electron chi connectivity index (χ0n) is 40.2. The number of hydrogen-bond donors (Lipinski definition) is 4. The van der Waals surface area contributed by atoms with Crippen LogP contribution in [-0.2, 0) is 23.7 Å². The Labute approximate surface area is 390 Å². The molecule has 1 heterocycles. The number of carbonyl (C=O) groups is 1. The Hall–Kier alpha value is -2.89. The monoisotopic (exact) mass is 897 g/mol. The largest absolute Gasteiger partial charge is 0.457 e. The van der Waals surface area contributed by atoms with Gasteiger partial charge in [0, 0.05) is 13.0 Å². The molecular formula is C55H92O9. The summed E-state index contributed by atoms with van der Waals surface area (Å²) in [6, 6.07) is 0. The Balaban J connectivity index is 2.27. The normalized spacial score (nSPS) is 20.4. The molecule has 1 aliphatic rings. The van der Waals surface area contributed by atoms with Gasteiger partial charge in [0.25, 0.3) is 0 Å². The van der Waals surface area contributed by atoms with E-state index >= 15 is 0 Å². The highest BCUT2D eigenvalue weighted by Crippen LogP contribution is 2.22. The smallest absolute Gasteiger partial charge is 0.306 e. The van der Waals surface area contributed by atoms with Gasteiger partial charge in [0.05, 0.1) is 19.8 Å². The molecule has 366 valence electrons. The highest BCUT2D eigenvalue weighted by Gasteiger charge is 2.44. The summed E-state index contributed by atoms with van der Waals surface area (Å²) in [7, 11) is 0. The van der Waals surface area contributed by atoms with Crippen LogP contribution in [0.25, 0.3) is 0 Å². The van der Waals surface area contributed by atoms with Gasteiger partial charge in [0.1, 0.15) is 30.5 Å². The molecule has 0 radical (unpaired) electrons. The molecule has 0 amide bonds. The van der Waals surface area contributed by atoms with Crippen molar-refractivity contribution in [3.05, 3.63) is 97.2 Å². The van der Waals surface area contributed by atoms with Gasteiger partial charge >= 0.3 is 5.97 Å². The summed E-state index contributed by atoms with van der Waals surface area (Å²) >= 11 is 0. The van der Waals surface area contributed by atoms with Crippen LogP contribution in [0.3, 0.4) is 0 Å². The van der Waals surface area contributed by atoms with Crippen LogP contribution >= 0.6 is 0 Å². The molecule has 0 aromatic heterocycles. The second kappa shape index (κ2) is 45.3. The first-order valence-corrected chi connectivity index (χ1v) is 25.3. The fourth-order valence-electron chi connectivity index (χ4n) is 7.05. The van der Waals surface area contributed by atoms with E-state index in [0.29, 0.717) is 13.0 Å². The molecule has 0 bridgehead atoms. The third kappa shape index (κ3) is 35.4. The Bertz CT molecular complexity index is 1300. The highest BCUT2D eigenvalue weighted by atomic mass is 16.7. The first-order valence-electron chi connectivity index (χ1n) is 25.3. The van der Waals surface area contributed by atoms with Crippen LogP contribution in [0.4, 0.5) is 0 Å². The van der Waals surface area contributed by atoms with E-state index < -0.39 is 43.4 Å². The third-order valence-corrected chi connectivity index (χ3v) is 11.0. The van der Waals surface area contributed by atoms with Crippen LogP contribution < -0.4 is 0 Å². The van der Waals surface area contributed by atoms with Crippen molar-refractivity contribution in [2.24, 2.45) is 0 Å². The van der Waals surface area contributed by atoms with Crippen LogP contribution in [0.5, 0.6) is 0 Å². The summed E-state index contributed by atoms with van der Waals surface area (Å²) in [6.07, 6.45) is 55.8. The van der Waals surface area contributed by atoms with E-state index in [1.165, 1.54) is 70.6 Å². The summed E-state index contributed by atoms with van der Waals surface area (Å²) in [5.74, 6) is -0.337. The Morgan fingerprint density at radius 1 is 0.516 bits per heavy atom. The molecule has 4 N–H and O–H groups in total. The Morgan fingerprint density at radius 2 is 0.953 bits per heavy atom. The van der Waals surface area contributed by atoms with Gasteiger partial charge in [-0.3, -0.25) is 4.79 Å². The van der Waals surface area contributed by atoms with Crippen molar-refractivity contribution in [1.29, 1.82) is 0 Å². The maximum absolute atomic E-state index is 12.8. The van der Waals surface area contributed by atoms with E-state index in [2.05, 4.69) is 111 Å². The van der Waals surface area contributed by atoms with Crippen molar-refractivity contribution < 1.29 is 44.2 Å². The maximum Gasteiger partial charge on any atom is 0.306 e. The van der Waals surface area contributed by atoms with Gasteiger partial charge in [-0.1, -0.05) is 175 Å². The van der Waals surface area contributed by atoms with E-state index in [9.17, 15) is 25.2 Å². The van der Waals surface area contributed by atoms with Gasteiger partial charge in [-0.2, -0.15) is 0 Å². The van der Waals surface area contributed by atoms with Gasteiger partial charge in [0.15, 0.2) is 6.29 Å². The summed E-state index contributed by atoms with van der Waals surface area (Å²) in [5, 5.41) is 40.2. The number of aliphatic hydroxyl groups is 4. The standard InChI is InChI=1S/C55H92O9/c1-3-5-7-9-11-13-15-17-19-21-22-23-24-25-26-27-29-31-33-35-37-39-41-43-45-61-47-49(48-62-55-54(60)53(59)52(58)50(46-56)64-55)63-51(57)44-42-40-38-36-34-32-30-28-20-18-16-14-12-10-8-6-4-2/h5,7,11,13,17-20,22-23,25-26,29,31,35,37,49-50,52-56,58-60H,3-4,6,8-10,12,14-16,21,24,27-28,30,32-34,36,38-48H2,1-2H3/b7-5-,13-11-,19-17-,20-18-,23-22-,26-25-,31-29-,37-35-. The van der Waals surface area contributed by atoms with E-state index in [-0.39, 0.29) is 19.2 Å². The lowest BCUT2D eigenvalue weighted by Crippen LogP contribution is -2.59. The van der Waals surface area contributed by atoms with Crippen molar-refractivity contribution >= 4 is 5.97 Å². The number of aliphatic hydroxyl groups excluding tert-OH is 4. The topological polar surface area (TPSA) is 135 Å². The molecule has 1 aliphatic heterocycles. The molecular weight excluding hydrogens is 805 g/mol. The molecule has 0 saturated carbocycles. The first kappa shape index (κ1) is 59.1. The lowest BCUT2D eigenvalue weighted by molar-refractivity contribution is -0.305. The van der Waals surface area contributed by atoms with Crippen molar-refractivity contribution in [2.45, 2.75) is 218 Å². The number of carbonyl (C=O) groups excluding carboxylic acids is 1. The molecule has 1 saturated heterocycles. The van der Waals surface area contributed by atoms with E-state index in [1.807, 2.05) is 0 Å². The third-order valence-electron chi connectivity index (χ3n) is 11.0. The van der Waals surface area contributed by atoms with Crippen molar-refractivity contribution in [3.63, 3.8) is 0 Å². The Kier molecular flexibility index (Phi) is 41.8. The maximum atomic E-state index is 12.8. The van der Waals surface area contributed by atoms with Crippen molar-refractivity contribution in [1.82, 2.24) is 0 Å². The lowest BCUT2D eigenvalue weighted by atomic mass is 9.99. The molecule has 1 rings (SSSR count). The van der Waals surface area contributed by atoms with Crippen LogP contribution in [0.15, 0.2) is 97.2 Å². The van der Waals surface area contributed by atoms with E-state index in [1.54, 1.807) is 0 Å². The molecule has 9 nitrogen and oxygen atoms in total. The zero-order chi connectivity index (χ0) is 46.4. The number of rotatable bonds is 42. The minimum absolute atomic E-state index is 0.107. The minimum Gasteiger partial charge on any atom is -0.457 e. The second-order valence-electron chi connectivity index (χ2n) is 16.9. The van der Waals surface area contributed by atoms with E-state index in [4.69, 9.17) is 18.9 Å². The first-order chi connectivity index (χ1) is 31.4. The summed E-state index contributed by atoms with van der Waals surface area (Å²) in [4.78, 5) is 12.8. The molecule has 0 aromatic rings. The van der Waals surface area contributed by atoms with Crippen LogP contribution in [-0.4, -0.2) is 89.6 Å². The SMILES string of the molecule is CC/C=C\C/C=C\C/C=C\C/C=C\C/C=C\C/C=C\C/C=C\CCCCOCC(COC1OC(CO)C(O)C(O)C1O)OC(=O)CCCCCCCCC/C=C\CCCCCCCC. The predicted octanol–water partition coefficient (Wildman–Crippen LogP) is 12.4. The molecule has 0 aromatic carbocycles. The van der Waals surface area contributed by atoms with Gasteiger partial charge in [-0.15, -0.1) is 0 Å². The second-order valence-corrected chi connectivity index (χ2v) is 16.9. The number of allylic oxidation sites excluding steroid dienone is 16. The van der Waals surface area contributed by atoms with Gasteiger partial charge < -0.3 is 39.4 Å². The highest BCUT2D eigenvalue weighted by molar-refractivity contribution is 5.69. The Morgan fingerprint density at radius 3 is 1.45 bits per heavy atom. The minimum atomic E-state index is -1.55. The van der Waals surface area contributed by atoms with Crippen molar-refractivity contribution in [2.75, 3.05) is 26.4 Å². The van der Waals surface area contributed by atoms with Crippen LogP contribution in [0.1, 0.15) is 181 Å². The summed E-state index contributed by atoms with van der Waals surface area (Å²) < 4.78 is 22.8. The fourth-order valence-corrected chi connectivity index (χ4v) is 7.05. The van der Waals surface area contributed by atoms with Gasteiger partial charge in [0.2, 0.25) is 0 Å². The number of ether oxygens (including phenoxy) is 4. The fraction of sp³-hybridized carbons (Fsp3) is 0.691. The molecule has 6 atom stereocenters. The average Bonchev–Trinajstić information content (AvgIpc) is 3.30. The molecule has 9 heteroatoms. The predicted molar refractivity (Wildman–Crippen MR) is 265 cm³/mol. The van der Waals surface area contributed by atoms with E-state index in [0.717, 1.165) is 89.9 Å². The molecule has 6 unspecified atom stereocenters. The average molecular weight is 897 g/mol. The van der Waals surface area contributed by atoms with Crippen LogP contribution in [0, 0.1) is 0 Å². The van der Waals surface area contributed by atoms with Gasteiger partial charge in [-0.25, -0.2) is 0 Å². The molecule has 64 heavy (non-hydrogen) atoms. The summed E-state index contributed by atoms with van der Waals surface area (Å²) in [6.45, 7) is 4.31. The quantitative estimate of drug-likeness (QED) is 0.0268. The number of unbranched alkanes of at least 4 members (excludes halogenated alkanes) is 15. The lowest BCUT2D eigenvalue weighted by Gasteiger charge is -2.39. The number of esters is 1.